The zero-order valence-corrected chi connectivity index (χ0v) is 11.6. The molecule has 1 heterocycles. The van der Waals surface area contributed by atoms with Crippen LogP contribution >= 0.6 is 0 Å². The SMILES string of the molecule is CC(C)n1cc(S(=O)(=O)NC2CCC2)cc1CO. The average Bonchev–Trinajstić information content (AvgIpc) is 2.68. The van der Waals surface area contributed by atoms with Gasteiger partial charge in [-0.1, -0.05) is 6.42 Å². The van der Waals surface area contributed by atoms with E-state index in [0.717, 1.165) is 19.3 Å². The van der Waals surface area contributed by atoms with Gasteiger partial charge < -0.3 is 9.67 Å². The lowest BCUT2D eigenvalue weighted by molar-refractivity contribution is 0.268. The molecule has 0 radical (unpaired) electrons. The highest BCUT2D eigenvalue weighted by Gasteiger charge is 2.26. The van der Waals surface area contributed by atoms with Crippen molar-refractivity contribution in [2.24, 2.45) is 0 Å². The first kappa shape index (κ1) is 13.6. The van der Waals surface area contributed by atoms with Crippen molar-refractivity contribution in [3.8, 4) is 0 Å². The summed E-state index contributed by atoms with van der Waals surface area (Å²) >= 11 is 0. The van der Waals surface area contributed by atoms with Gasteiger partial charge in [0.2, 0.25) is 10.0 Å². The van der Waals surface area contributed by atoms with Crippen molar-refractivity contribution in [2.45, 2.75) is 56.7 Å². The van der Waals surface area contributed by atoms with Gasteiger partial charge in [0.05, 0.1) is 11.5 Å². The molecule has 1 aliphatic carbocycles. The Bertz CT molecular complexity index is 515. The number of aliphatic hydroxyl groups excluding tert-OH is 1. The third-order valence-electron chi connectivity index (χ3n) is 3.36. The van der Waals surface area contributed by atoms with Gasteiger partial charge in [-0.3, -0.25) is 0 Å². The Kier molecular flexibility index (Phi) is 3.79. The first-order valence-electron chi connectivity index (χ1n) is 6.28. The minimum absolute atomic E-state index is 0.0787. The first-order valence-corrected chi connectivity index (χ1v) is 7.76. The summed E-state index contributed by atoms with van der Waals surface area (Å²) in [6.45, 7) is 3.75. The van der Waals surface area contributed by atoms with E-state index in [9.17, 15) is 13.5 Å². The molecule has 1 fully saturated rings. The van der Waals surface area contributed by atoms with Crippen LogP contribution in [0.15, 0.2) is 17.2 Å². The molecule has 1 aromatic heterocycles. The molecule has 1 saturated carbocycles. The molecule has 0 unspecified atom stereocenters. The fourth-order valence-corrected chi connectivity index (χ4v) is 3.42. The van der Waals surface area contributed by atoms with Crippen molar-refractivity contribution in [1.82, 2.24) is 9.29 Å². The van der Waals surface area contributed by atoms with Crippen LogP contribution in [0.25, 0.3) is 0 Å². The maximum Gasteiger partial charge on any atom is 0.242 e. The van der Waals surface area contributed by atoms with Gasteiger partial charge in [0.15, 0.2) is 0 Å². The second-order valence-corrected chi connectivity index (χ2v) is 6.79. The number of aromatic nitrogens is 1. The maximum atomic E-state index is 12.1. The fraction of sp³-hybridized carbons (Fsp3) is 0.667. The van der Waals surface area contributed by atoms with Gasteiger partial charge in [0.25, 0.3) is 0 Å². The topological polar surface area (TPSA) is 71.3 Å². The monoisotopic (exact) mass is 272 g/mol. The molecular formula is C12H20N2O3S. The molecule has 18 heavy (non-hydrogen) atoms. The summed E-state index contributed by atoms with van der Waals surface area (Å²) in [6, 6.07) is 1.75. The highest BCUT2D eigenvalue weighted by molar-refractivity contribution is 7.89. The van der Waals surface area contributed by atoms with Crippen LogP contribution in [0.4, 0.5) is 0 Å². The van der Waals surface area contributed by atoms with Gasteiger partial charge in [-0.05, 0) is 32.8 Å². The lowest BCUT2D eigenvalue weighted by atomic mass is 9.94. The van der Waals surface area contributed by atoms with Crippen LogP contribution in [0.2, 0.25) is 0 Å². The number of rotatable bonds is 5. The standard InChI is InChI=1S/C12H20N2O3S/c1-9(2)14-7-12(6-11(14)8-15)18(16,17)13-10-4-3-5-10/h6-7,9-10,13,15H,3-5,8H2,1-2H3. The number of hydrogen-bond acceptors (Lipinski definition) is 3. The van der Waals surface area contributed by atoms with Crippen molar-refractivity contribution in [3.63, 3.8) is 0 Å². The minimum atomic E-state index is -3.45. The molecule has 102 valence electrons. The molecule has 0 atom stereocenters. The zero-order chi connectivity index (χ0) is 13.3. The van der Waals surface area contributed by atoms with Crippen LogP contribution < -0.4 is 4.72 Å². The van der Waals surface area contributed by atoms with Crippen molar-refractivity contribution < 1.29 is 13.5 Å². The van der Waals surface area contributed by atoms with Crippen LogP contribution in [0.3, 0.4) is 0 Å². The third-order valence-corrected chi connectivity index (χ3v) is 4.85. The molecule has 5 nitrogen and oxygen atoms in total. The Balaban J connectivity index is 2.26. The van der Waals surface area contributed by atoms with E-state index < -0.39 is 10.0 Å². The summed E-state index contributed by atoms with van der Waals surface area (Å²) in [4.78, 5) is 0.243. The fourth-order valence-electron chi connectivity index (χ4n) is 2.06. The molecule has 1 aliphatic rings. The van der Waals surface area contributed by atoms with Crippen molar-refractivity contribution in [3.05, 3.63) is 18.0 Å². The summed E-state index contributed by atoms with van der Waals surface area (Å²) in [5, 5.41) is 9.25. The highest BCUT2D eigenvalue weighted by atomic mass is 32.2. The molecule has 2 rings (SSSR count). The zero-order valence-electron chi connectivity index (χ0n) is 10.8. The molecular weight excluding hydrogens is 252 g/mol. The van der Waals surface area contributed by atoms with Crippen LogP contribution in [-0.4, -0.2) is 24.1 Å². The average molecular weight is 272 g/mol. The van der Waals surface area contributed by atoms with Crippen molar-refractivity contribution >= 4 is 10.0 Å². The predicted octanol–water partition coefficient (Wildman–Crippen LogP) is 1.39. The van der Waals surface area contributed by atoms with E-state index in [1.54, 1.807) is 16.8 Å². The molecule has 0 aliphatic heterocycles. The van der Waals surface area contributed by atoms with Crippen LogP contribution in [0, 0.1) is 0 Å². The molecule has 1 aromatic rings. The smallest absolute Gasteiger partial charge is 0.242 e. The second-order valence-electron chi connectivity index (χ2n) is 5.08. The molecule has 0 bridgehead atoms. The van der Waals surface area contributed by atoms with Gasteiger partial charge in [0, 0.05) is 24.0 Å². The van der Waals surface area contributed by atoms with E-state index in [-0.39, 0.29) is 23.6 Å². The molecule has 0 saturated heterocycles. The Morgan fingerprint density at radius 1 is 1.50 bits per heavy atom. The summed E-state index contributed by atoms with van der Waals surface area (Å²) < 4.78 is 28.7. The highest BCUT2D eigenvalue weighted by Crippen LogP contribution is 2.23. The molecule has 0 spiro atoms. The number of hydrogen-bond donors (Lipinski definition) is 2. The van der Waals surface area contributed by atoms with Crippen LogP contribution in [0.1, 0.15) is 44.8 Å². The molecule has 2 N–H and O–H groups in total. The molecule has 0 aromatic carbocycles. The van der Waals surface area contributed by atoms with Crippen molar-refractivity contribution in [1.29, 1.82) is 0 Å². The quantitative estimate of drug-likeness (QED) is 0.851. The Labute approximate surface area is 108 Å². The van der Waals surface area contributed by atoms with Gasteiger partial charge >= 0.3 is 0 Å². The largest absolute Gasteiger partial charge is 0.390 e. The maximum absolute atomic E-state index is 12.1. The predicted molar refractivity (Wildman–Crippen MR) is 68.7 cm³/mol. The lowest BCUT2D eigenvalue weighted by Gasteiger charge is -2.25. The van der Waals surface area contributed by atoms with Gasteiger partial charge in [0.1, 0.15) is 0 Å². The minimum Gasteiger partial charge on any atom is -0.390 e. The normalized spacial score (nSPS) is 17.1. The van der Waals surface area contributed by atoms with E-state index in [4.69, 9.17) is 0 Å². The summed E-state index contributed by atoms with van der Waals surface area (Å²) in [5.74, 6) is 0. The number of nitrogens with zero attached hydrogens (tertiary/aromatic N) is 1. The number of aliphatic hydroxyl groups is 1. The van der Waals surface area contributed by atoms with E-state index in [0.29, 0.717) is 5.69 Å². The van der Waals surface area contributed by atoms with Crippen LogP contribution in [-0.2, 0) is 16.6 Å². The van der Waals surface area contributed by atoms with Crippen LogP contribution in [0.5, 0.6) is 0 Å². The van der Waals surface area contributed by atoms with E-state index in [1.807, 2.05) is 13.8 Å². The number of nitrogens with one attached hydrogen (secondary N) is 1. The van der Waals surface area contributed by atoms with Crippen molar-refractivity contribution in [2.75, 3.05) is 0 Å². The summed E-state index contributed by atoms with van der Waals surface area (Å²) in [7, 11) is -3.45. The Morgan fingerprint density at radius 2 is 2.17 bits per heavy atom. The third kappa shape index (κ3) is 2.60. The first-order chi connectivity index (χ1) is 8.44. The summed E-state index contributed by atoms with van der Waals surface area (Å²) in [5.41, 5.74) is 0.624. The van der Waals surface area contributed by atoms with Gasteiger partial charge in [-0.2, -0.15) is 0 Å². The Hall–Kier alpha value is -0.850. The summed E-state index contributed by atoms with van der Waals surface area (Å²) in [6.07, 6.45) is 4.51. The second kappa shape index (κ2) is 5.03. The number of sulfonamides is 1. The van der Waals surface area contributed by atoms with E-state index >= 15 is 0 Å². The van der Waals surface area contributed by atoms with Gasteiger partial charge in [-0.15, -0.1) is 0 Å². The van der Waals surface area contributed by atoms with E-state index in [1.165, 1.54) is 0 Å². The Morgan fingerprint density at radius 3 is 2.56 bits per heavy atom. The van der Waals surface area contributed by atoms with Gasteiger partial charge in [-0.25, -0.2) is 13.1 Å². The van der Waals surface area contributed by atoms with E-state index in [2.05, 4.69) is 4.72 Å². The molecule has 0 amide bonds. The molecule has 6 heteroatoms. The lowest BCUT2D eigenvalue weighted by Crippen LogP contribution is -2.39.